The monoisotopic (exact) mass is 392 g/mol. The normalized spacial score (nSPS) is 23.9. The van der Waals surface area contributed by atoms with Gasteiger partial charge in [-0.25, -0.2) is 4.39 Å². The molecule has 1 aliphatic rings. The van der Waals surface area contributed by atoms with Crippen LogP contribution in [0.25, 0.3) is 11.0 Å². The number of imidazole rings is 1. The number of aliphatic hydroxyl groups excluding tert-OH is 1. The van der Waals surface area contributed by atoms with Crippen LogP contribution in [0.2, 0.25) is 0 Å². The van der Waals surface area contributed by atoms with E-state index in [4.69, 9.17) is 12.2 Å². The SMILES string of the molecule is OC1CCCCC1n1c(=S)[nH]c2cc(I)c(F)cc21. The molecule has 1 saturated carbocycles. The fourth-order valence-corrected chi connectivity index (χ4v) is 3.65. The third kappa shape index (κ3) is 2.34. The van der Waals surface area contributed by atoms with Gasteiger partial charge in [0.2, 0.25) is 0 Å². The molecule has 1 heterocycles. The molecule has 102 valence electrons. The van der Waals surface area contributed by atoms with Crippen molar-refractivity contribution in [2.24, 2.45) is 0 Å². The Balaban J connectivity index is 2.19. The van der Waals surface area contributed by atoms with Gasteiger partial charge in [0.05, 0.1) is 26.7 Å². The van der Waals surface area contributed by atoms with E-state index in [0.29, 0.717) is 8.34 Å². The first kappa shape index (κ1) is 13.5. The third-order valence-electron chi connectivity index (χ3n) is 3.78. The first-order valence-corrected chi connectivity index (χ1v) is 7.84. The van der Waals surface area contributed by atoms with Crippen LogP contribution in [0.3, 0.4) is 0 Å². The van der Waals surface area contributed by atoms with Crippen LogP contribution < -0.4 is 0 Å². The summed E-state index contributed by atoms with van der Waals surface area (Å²) in [6, 6.07) is 3.21. The van der Waals surface area contributed by atoms with Gasteiger partial charge < -0.3 is 14.7 Å². The molecule has 2 aromatic rings. The van der Waals surface area contributed by atoms with E-state index in [0.717, 1.165) is 36.7 Å². The summed E-state index contributed by atoms with van der Waals surface area (Å²) in [5.41, 5.74) is 1.57. The van der Waals surface area contributed by atoms with Crippen LogP contribution in [0.5, 0.6) is 0 Å². The van der Waals surface area contributed by atoms with E-state index in [-0.39, 0.29) is 11.9 Å². The Morgan fingerprint density at radius 1 is 1.37 bits per heavy atom. The molecule has 0 radical (unpaired) electrons. The van der Waals surface area contributed by atoms with Crippen molar-refractivity contribution < 1.29 is 9.50 Å². The lowest BCUT2D eigenvalue weighted by Crippen LogP contribution is -2.27. The Kier molecular flexibility index (Phi) is 3.65. The van der Waals surface area contributed by atoms with Crippen LogP contribution in [0.1, 0.15) is 31.7 Å². The van der Waals surface area contributed by atoms with Crippen molar-refractivity contribution in [1.82, 2.24) is 9.55 Å². The maximum Gasteiger partial charge on any atom is 0.178 e. The first-order valence-electron chi connectivity index (χ1n) is 6.35. The quantitative estimate of drug-likeness (QED) is 0.571. The number of aromatic nitrogens is 2. The van der Waals surface area contributed by atoms with E-state index >= 15 is 0 Å². The van der Waals surface area contributed by atoms with Crippen molar-refractivity contribution >= 4 is 45.8 Å². The second-order valence-corrected chi connectivity index (χ2v) is 6.55. The van der Waals surface area contributed by atoms with Crippen LogP contribution in [-0.2, 0) is 0 Å². The Hall–Kier alpha value is -0.470. The van der Waals surface area contributed by atoms with E-state index in [9.17, 15) is 9.50 Å². The van der Waals surface area contributed by atoms with Gasteiger partial charge in [-0.1, -0.05) is 12.8 Å². The molecular formula is C13H14FIN2OS. The summed E-state index contributed by atoms with van der Waals surface area (Å²) in [7, 11) is 0. The molecule has 1 aromatic carbocycles. The minimum Gasteiger partial charge on any atom is -0.391 e. The van der Waals surface area contributed by atoms with Crippen molar-refractivity contribution in [3.8, 4) is 0 Å². The molecule has 3 nitrogen and oxygen atoms in total. The predicted octanol–water partition coefficient (Wildman–Crippen LogP) is 3.92. The number of nitrogens with one attached hydrogen (secondary N) is 1. The van der Waals surface area contributed by atoms with E-state index in [1.165, 1.54) is 6.07 Å². The standard InChI is InChI=1S/C13H14FIN2OS/c14-7-5-11-9(6-8(7)15)16-13(19)17(11)10-3-1-2-4-12(10)18/h5-6,10,12,18H,1-4H2,(H,16,19). The summed E-state index contributed by atoms with van der Waals surface area (Å²) in [4.78, 5) is 3.11. The topological polar surface area (TPSA) is 41.0 Å². The van der Waals surface area contributed by atoms with Gasteiger partial charge >= 0.3 is 0 Å². The molecule has 0 amide bonds. The number of H-pyrrole nitrogens is 1. The van der Waals surface area contributed by atoms with E-state index in [1.54, 1.807) is 6.07 Å². The van der Waals surface area contributed by atoms with Gasteiger partial charge in [-0.3, -0.25) is 0 Å². The molecule has 0 spiro atoms. The van der Waals surface area contributed by atoms with Gasteiger partial charge in [-0.15, -0.1) is 0 Å². The maximum absolute atomic E-state index is 13.8. The highest BCUT2D eigenvalue weighted by Crippen LogP contribution is 2.32. The highest BCUT2D eigenvalue weighted by molar-refractivity contribution is 14.1. The summed E-state index contributed by atoms with van der Waals surface area (Å²) < 4.78 is 16.8. The lowest BCUT2D eigenvalue weighted by atomic mass is 9.92. The average Bonchev–Trinajstić information content (AvgIpc) is 2.66. The smallest absolute Gasteiger partial charge is 0.178 e. The van der Waals surface area contributed by atoms with Gasteiger partial charge in [0.25, 0.3) is 0 Å². The number of nitrogens with zero attached hydrogens (tertiary/aromatic N) is 1. The fourth-order valence-electron chi connectivity index (χ4n) is 2.84. The number of benzene rings is 1. The van der Waals surface area contributed by atoms with Crippen LogP contribution in [0.15, 0.2) is 12.1 Å². The van der Waals surface area contributed by atoms with Crippen LogP contribution in [-0.4, -0.2) is 20.8 Å². The molecule has 0 bridgehead atoms. The lowest BCUT2D eigenvalue weighted by Gasteiger charge is -2.29. The summed E-state index contributed by atoms with van der Waals surface area (Å²) in [5.74, 6) is -0.249. The Morgan fingerprint density at radius 2 is 2.11 bits per heavy atom. The number of hydrogen-bond acceptors (Lipinski definition) is 2. The highest BCUT2D eigenvalue weighted by atomic mass is 127. The number of aliphatic hydroxyl groups is 1. The summed E-state index contributed by atoms with van der Waals surface area (Å²) >= 11 is 7.31. The van der Waals surface area contributed by atoms with Crippen molar-refractivity contribution in [3.63, 3.8) is 0 Å². The molecule has 0 saturated heterocycles. The summed E-state index contributed by atoms with van der Waals surface area (Å²) in [6.07, 6.45) is 3.38. The second-order valence-electron chi connectivity index (χ2n) is 5.00. The number of rotatable bonds is 1. The molecule has 1 fully saturated rings. The van der Waals surface area contributed by atoms with Gasteiger partial charge in [-0.05, 0) is 53.7 Å². The Morgan fingerprint density at radius 3 is 2.84 bits per heavy atom. The number of aromatic amines is 1. The predicted molar refractivity (Wildman–Crippen MR) is 83.3 cm³/mol. The highest BCUT2D eigenvalue weighted by Gasteiger charge is 2.26. The molecule has 1 aliphatic carbocycles. The number of fused-ring (bicyclic) bond motifs is 1. The van der Waals surface area contributed by atoms with Gasteiger partial charge in [-0.2, -0.15) is 0 Å². The number of halogens is 2. The fraction of sp³-hybridized carbons (Fsp3) is 0.462. The molecule has 6 heteroatoms. The summed E-state index contributed by atoms with van der Waals surface area (Å²) in [5, 5.41) is 10.2. The van der Waals surface area contributed by atoms with Crippen molar-refractivity contribution in [2.45, 2.75) is 37.8 Å². The molecule has 2 N–H and O–H groups in total. The van der Waals surface area contributed by atoms with Crippen molar-refractivity contribution in [2.75, 3.05) is 0 Å². The van der Waals surface area contributed by atoms with Gasteiger partial charge in [0.1, 0.15) is 5.82 Å². The molecule has 3 rings (SSSR count). The average molecular weight is 392 g/mol. The molecule has 19 heavy (non-hydrogen) atoms. The van der Waals surface area contributed by atoms with Crippen LogP contribution in [0, 0.1) is 14.2 Å². The van der Waals surface area contributed by atoms with Gasteiger partial charge in [0.15, 0.2) is 4.77 Å². The largest absolute Gasteiger partial charge is 0.391 e. The molecule has 1 aromatic heterocycles. The third-order valence-corrected chi connectivity index (χ3v) is 4.91. The van der Waals surface area contributed by atoms with Crippen LogP contribution in [0.4, 0.5) is 4.39 Å². The first-order chi connectivity index (χ1) is 9.08. The molecule has 2 unspecified atom stereocenters. The number of hydrogen-bond donors (Lipinski definition) is 2. The zero-order valence-electron chi connectivity index (χ0n) is 10.2. The minimum atomic E-state index is -0.401. The van der Waals surface area contributed by atoms with E-state index in [1.807, 2.05) is 27.2 Å². The Bertz CT molecular complexity index is 681. The van der Waals surface area contributed by atoms with Gasteiger partial charge in [0, 0.05) is 6.07 Å². The zero-order chi connectivity index (χ0) is 13.6. The van der Waals surface area contributed by atoms with Crippen LogP contribution >= 0.6 is 34.8 Å². The van der Waals surface area contributed by atoms with E-state index < -0.39 is 6.10 Å². The minimum absolute atomic E-state index is 0.0468. The zero-order valence-corrected chi connectivity index (χ0v) is 13.2. The molecule has 2 atom stereocenters. The Labute approximate surface area is 129 Å². The lowest BCUT2D eigenvalue weighted by molar-refractivity contribution is 0.0767. The molecular weight excluding hydrogens is 378 g/mol. The molecule has 0 aliphatic heterocycles. The second kappa shape index (κ2) is 5.14. The van der Waals surface area contributed by atoms with Crippen molar-refractivity contribution in [1.29, 1.82) is 0 Å². The summed E-state index contributed by atoms with van der Waals surface area (Å²) in [6.45, 7) is 0. The maximum atomic E-state index is 13.8. The van der Waals surface area contributed by atoms with E-state index in [2.05, 4.69) is 4.98 Å². The van der Waals surface area contributed by atoms with Crippen molar-refractivity contribution in [3.05, 3.63) is 26.3 Å².